The zero-order valence-corrected chi connectivity index (χ0v) is 15.2. The summed E-state index contributed by atoms with van der Waals surface area (Å²) in [6.45, 7) is 6.67. The average Bonchev–Trinajstić information content (AvgIpc) is 2.47. The Balaban J connectivity index is 0.00000264. The first-order valence-electron chi connectivity index (χ1n) is 8.28. The highest BCUT2D eigenvalue weighted by atomic mass is 35.5. The van der Waals surface area contributed by atoms with Crippen LogP contribution in [0.3, 0.4) is 0 Å². The molecule has 1 saturated carbocycles. The molecule has 2 N–H and O–H groups in total. The van der Waals surface area contributed by atoms with Gasteiger partial charge >= 0.3 is 0 Å². The van der Waals surface area contributed by atoms with E-state index in [1.165, 1.54) is 0 Å². The van der Waals surface area contributed by atoms with Gasteiger partial charge in [0.05, 0.1) is 12.5 Å². The minimum absolute atomic E-state index is 0. The lowest BCUT2D eigenvalue weighted by molar-refractivity contribution is -0.129. The summed E-state index contributed by atoms with van der Waals surface area (Å²) < 4.78 is 5.41. The number of amides is 1. The number of hydrogen-bond donors (Lipinski definition) is 2. The minimum atomic E-state index is -0.355. The molecule has 0 aliphatic heterocycles. The van der Waals surface area contributed by atoms with Gasteiger partial charge in [0, 0.05) is 13.1 Å². The Labute approximate surface area is 145 Å². The van der Waals surface area contributed by atoms with Crippen LogP contribution in [-0.2, 0) is 10.2 Å². The zero-order chi connectivity index (χ0) is 16.0. The van der Waals surface area contributed by atoms with Gasteiger partial charge < -0.3 is 15.4 Å². The van der Waals surface area contributed by atoms with Gasteiger partial charge in [0.1, 0.15) is 5.75 Å². The van der Waals surface area contributed by atoms with Crippen molar-refractivity contribution < 1.29 is 9.53 Å². The lowest BCUT2D eigenvalue weighted by Crippen LogP contribution is -2.50. The van der Waals surface area contributed by atoms with Gasteiger partial charge in [-0.3, -0.25) is 4.79 Å². The smallest absolute Gasteiger partial charge is 0.230 e. The second-order valence-corrected chi connectivity index (χ2v) is 6.13. The summed E-state index contributed by atoms with van der Waals surface area (Å²) in [5.74, 6) is 1.02. The molecular formula is C18H29ClN2O2. The molecule has 2 rings (SSSR count). The molecule has 0 heterocycles. The summed E-state index contributed by atoms with van der Waals surface area (Å²) >= 11 is 0. The Morgan fingerprint density at radius 1 is 1.26 bits per heavy atom. The van der Waals surface area contributed by atoms with E-state index < -0.39 is 0 Å². The highest BCUT2D eigenvalue weighted by Crippen LogP contribution is 2.45. The first-order valence-corrected chi connectivity index (χ1v) is 8.28. The van der Waals surface area contributed by atoms with E-state index in [1.54, 1.807) is 7.11 Å². The summed E-state index contributed by atoms with van der Waals surface area (Å²) in [5, 5.41) is 6.40. The molecule has 23 heavy (non-hydrogen) atoms. The van der Waals surface area contributed by atoms with E-state index >= 15 is 0 Å². The average molecular weight is 341 g/mol. The Bertz CT molecular complexity index is 516. The fraction of sp³-hybridized carbons (Fsp3) is 0.611. The highest BCUT2D eigenvalue weighted by Gasteiger charge is 2.45. The largest absolute Gasteiger partial charge is 0.496 e. The van der Waals surface area contributed by atoms with Crippen LogP contribution in [0, 0.1) is 6.92 Å². The number of carbonyl (C=O) groups is 1. The summed E-state index contributed by atoms with van der Waals surface area (Å²) in [5.41, 5.74) is 1.83. The summed E-state index contributed by atoms with van der Waals surface area (Å²) in [7, 11) is 1.68. The molecule has 1 aromatic carbocycles. The lowest BCUT2D eigenvalue weighted by Gasteiger charge is -2.41. The number of ether oxygens (including phenoxy) is 1. The number of aryl methyl sites for hydroxylation is 1. The first-order chi connectivity index (χ1) is 10.6. The Morgan fingerprint density at radius 2 is 2.00 bits per heavy atom. The molecule has 1 aliphatic carbocycles. The van der Waals surface area contributed by atoms with Gasteiger partial charge in [-0.25, -0.2) is 0 Å². The van der Waals surface area contributed by atoms with Crippen molar-refractivity contribution in [2.45, 2.75) is 44.9 Å². The van der Waals surface area contributed by atoms with Crippen LogP contribution in [0.4, 0.5) is 0 Å². The van der Waals surface area contributed by atoms with E-state index in [4.69, 9.17) is 4.74 Å². The molecule has 130 valence electrons. The second-order valence-electron chi connectivity index (χ2n) is 6.13. The summed E-state index contributed by atoms with van der Waals surface area (Å²) in [6.07, 6.45) is 4.07. The topological polar surface area (TPSA) is 50.4 Å². The summed E-state index contributed by atoms with van der Waals surface area (Å²) in [4.78, 5) is 12.7. The fourth-order valence-corrected chi connectivity index (χ4v) is 3.03. The maximum Gasteiger partial charge on any atom is 0.230 e. The van der Waals surface area contributed by atoms with E-state index in [0.717, 1.165) is 55.6 Å². The van der Waals surface area contributed by atoms with Gasteiger partial charge in [0.15, 0.2) is 0 Å². The molecule has 0 unspecified atom stereocenters. The van der Waals surface area contributed by atoms with Gasteiger partial charge in [-0.1, -0.05) is 25.5 Å². The maximum absolute atomic E-state index is 12.7. The van der Waals surface area contributed by atoms with Crippen molar-refractivity contribution in [1.29, 1.82) is 0 Å². The van der Waals surface area contributed by atoms with Gasteiger partial charge in [-0.05, 0) is 49.9 Å². The molecule has 0 atom stereocenters. The van der Waals surface area contributed by atoms with Crippen LogP contribution in [0.1, 0.15) is 43.7 Å². The van der Waals surface area contributed by atoms with Crippen molar-refractivity contribution in [2.24, 2.45) is 0 Å². The van der Waals surface area contributed by atoms with E-state index in [-0.39, 0.29) is 23.7 Å². The molecular weight excluding hydrogens is 312 g/mol. The molecule has 1 amide bonds. The predicted octanol–water partition coefficient (Wildman–Crippen LogP) is 2.96. The van der Waals surface area contributed by atoms with Crippen LogP contribution in [-0.4, -0.2) is 32.7 Å². The molecule has 0 spiro atoms. The van der Waals surface area contributed by atoms with Crippen molar-refractivity contribution in [3.63, 3.8) is 0 Å². The normalized spacial score (nSPS) is 15.3. The minimum Gasteiger partial charge on any atom is -0.496 e. The van der Waals surface area contributed by atoms with Gasteiger partial charge in [-0.15, -0.1) is 12.4 Å². The molecule has 1 aliphatic rings. The molecule has 1 aromatic rings. The van der Waals surface area contributed by atoms with Crippen LogP contribution in [0.15, 0.2) is 18.2 Å². The van der Waals surface area contributed by atoms with Gasteiger partial charge in [0.25, 0.3) is 0 Å². The van der Waals surface area contributed by atoms with Crippen molar-refractivity contribution in [3.05, 3.63) is 29.3 Å². The molecule has 0 bridgehead atoms. The number of hydrogen-bond acceptors (Lipinski definition) is 3. The number of benzene rings is 1. The highest BCUT2D eigenvalue weighted by molar-refractivity contribution is 5.89. The second kappa shape index (κ2) is 9.14. The number of carbonyl (C=O) groups excluding carboxylic acids is 1. The van der Waals surface area contributed by atoms with Crippen LogP contribution in [0.5, 0.6) is 5.75 Å². The molecule has 4 nitrogen and oxygen atoms in total. The summed E-state index contributed by atoms with van der Waals surface area (Å²) in [6, 6.07) is 6.15. The van der Waals surface area contributed by atoms with E-state index in [9.17, 15) is 4.79 Å². The van der Waals surface area contributed by atoms with Crippen molar-refractivity contribution in [3.8, 4) is 5.75 Å². The Morgan fingerprint density at radius 3 is 2.57 bits per heavy atom. The first kappa shape index (κ1) is 19.8. The molecule has 5 heteroatoms. The Kier molecular flexibility index (Phi) is 7.86. The Hall–Kier alpha value is -1.26. The SMILES string of the molecule is CCCNCCNC(=O)C1(c2ccc(C)c(OC)c2)CCC1.Cl. The molecule has 0 saturated heterocycles. The zero-order valence-electron chi connectivity index (χ0n) is 14.4. The van der Waals surface area contributed by atoms with E-state index in [0.29, 0.717) is 6.54 Å². The maximum atomic E-state index is 12.7. The third kappa shape index (κ3) is 4.39. The van der Waals surface area contributed by atoms with Crippen molar-refractivity contribution in [1.82, 2.24) is 10.6 Å². The van der Waals surface area contributed by atoms with Crippen LogP contribution >= 0.6 is 12.4 Å². The van der Waals surface area contributed by atoms with Crippen molar-refractivity contribution in [2.75, 3.05) is 26.7 Å². The van der Waals surface area contributed by atoms with Crippen LogP contribution in [0.25, 0.3) is 0 Å². The number of nitrogens with one attached hydrogen (secondary N) is 2. The number of halogens is 1. The van der Waals surface area contributed by atoms with E-state index in [1.807, 2.05) is 19.1 Å². The third-order valence-electron chi connectivity index (χ3n) is 4.62. The number of methoxy groups -OCH3 is 1. The molecule has 0 radical (unpaired) electrons. The lowest BCUT2D eigenvalue weighted by atomic mass is 9.63. The predicted molar refractivity (Wildman–Crippen MR) is 96.7 cm³/mol. The van der Waals surface area contributed by atoms with Crippen LogP contribution < -0.4 is 15.4 Å². The van der Waals surface area contributed by atoms with Crippen molar-refractivity contribution >= 4 is 18.3 Å². The van der Waals surface area contributed by atoms with Crippen LogP contribution in [0.2, 0.25) is 0 Å². The molecule has 0 aromatic heterocycles. The quantitative estimate of drug-likeness (QED) is 0.715. The fourth-order valence-electron chi connectivity index (χ4n) is 3.03. The van der Waals surface area contributed by atoms with Gasteiger partial charge in [-0.2, -0.15) is 0 Å². The third-order valence-corrected chi connectivity index (χ3v) is 4.62. The van der Waals surface area contributed by atoms with E-state index in [2.05, 4.69) is 23.6 Å². The standard InChI is InChI=1S/C18H28N2O2.ClH/c1-4-10-19-11-12-20-17(21)18(8-5-9-18)15-7-6-14(2)16(13-15)22-3;/h6-7,13,19H,4-5,8-12H2,1-3H3,(H,20,21);1H. The molecule has 1 fully saturated rings. The number of rotatable bonds is 8. The van der Waals surface area contributed by atoms with Gasteiger partial charge in [0.2, 0.25) is 5.91 Å². The monoisotopic (exact) mass is 340 g/mol.